The van der Waals surface area contributed by atoms with Crippen molar-refractivity contribution < 1.29 is 0 Å². The molecule has 0 bridgehead atoms. The number of aryl methyl sites for hydroxylation is 2. The van der Waals surface area contributed by atoms with Crippen LogP contribution in [0.2, 0.25) is 5.02 Å². The molecule has 2 fully saturated rings. The lowest BCUT2D eigenvalue weighted by molar-refractivity contribution is 0.142. The largest absolute Gasteiger partial charge is 0.314 e. The van der Waals surface area contributed by atoms with E-state index >= 15 is 0 Å². The van der Waals surface area contributed by atoms with Gasteiger partial charge in [-0.25, -0.2) is 0 Å². The molecule has 1 aromatic heterocycles. The van der Waals surface area contributed by atoms with Crippen LogP contribution >= 0.6 is 11.6 Å². The van der Waals surface area contributed by atoms with Gasteiger partial charge in [0.2, 0.25) is 0 Å². The Balaban J connectivity index is 1.67. The zero-order valence-electron chi connectivity index (χ0n) is 13.2. The van der Waals surface area contributed by atoms with Gasteiger partial charge in [-0.1, -0.05) is 11.6 Å². The van der Waals surface area contributed by atoms with Gasteiger partial charge in [0.1, 0.15) is 0 Å². The third kappa shape index (κ3) is 3.27. The molecule has 0 aromatic carbocycles. The van der Waals surface area contributed by atoms with Crippen LogP contribution in [0.15, 0.2) is 0 Å². The van der Waals surface area contributed by atoms with Crippen LogP contribution in [0.25, 0.3) is 0 Å². The minimum atomic E-state index is 0.737. The van der Waals surface area contributed by atoms with Crippen molar-refractivity contribution in [3.8, 4) is 0 Å². The van der Waals surface area contributed by atoms with Gasteiger partial charge in [-0.05, 0) is 58.5 Å². The summed E-state index contributed by atoms with van der Waals surface area (Å²) in [7, 11) is 0. The van der Waals surface area contributed by atoms with Gasteiger partial charge in [0, 0.05) is 25.7 Å². The van der Waals surface area contributed by atoms with Crippen LogP contribution in [0.4, 0.5) is 0 Å². The zero-order chi connectivity index (χ0) is 14.8. The molecule has 2 atom stereocenters. The predicted octanol–water partition coefficient (Wildman–Crippen LogP) is 2.83. The van der Waals surface area contributed by atoms with Gasteiger partial charge in [0.25, 0.3) is 0 Å². The number of rotatable bonds is 4. The Bertz CT molecular complexity index is 479. The molecule has 5 heteroatoms. The molecule has 0 radical (unpaired) electrons. The molecular formula is C16H27ClN4. The highest BCUT2D eigenvalue weighted by Gasteiger charge is 2.29. The smallest absolute Gasteiger partial charge is 0.0860 e. The summed E-state index contributed by atoms with van der Waals surface area (Å²) in [5.41, 5.74) is 2.15. The highest BCUT2D eigenvalue weighted by molar-refractivity contribution is 6.31. The maximum Gasteiger partial charge on any atom is 0.0860 e. The standard InChI is InChI=1S/C16H27ClN4/c1-3-21-15(16(17)12(2)19-21)11-20-9-5-6-13(10-20)14-7-4-8-18-14/h13-14,18H,3-11H2,1-2H3. The number of hydrogen-bond acceptors (Lipinski definition) is 3. The number of nitrogens with one attached hydrogen (secondary N) is 1. The van der Waals surface area contributed by atoms with Crippen LogP contribution in [-0.2, 0) is 13.1 Å². The average Bonchev–Trinajstić information content (AvgIpc) is 3.12. The van der Waals surface area contributed by atoms with Crippen LogP contribution in [0.5, 0.6) is 0 Å². The van der Waals surface area contributed by atoms with Gasteiger partial charge >= 0.3 is 0 Å². The molecule has 21 heavy (non-hydrogen) atoms. The first-order valence-corrected chi connectivity index (χ1v) is 8.74. The fourth-order valence-electron chi connectivity index (χ4n) is 3.91. The van der Waals surface area contributed by atoms with Crippen LogP contribution in [0.1, 0.15) is 44.0 Å². The summed E-state index contributed by atoms with van der Waals surface area (Å²) in [4.78, 5) is 2.57. The van der Waals surface area contributed by atoms with E-state index < -0.39 is 0 Å². The topological polar surface area (TPSA) is 33.1 Å². The number of aromatic nitrogens is 2. The second-order valence-electron chi connectivity index (χ2n) is 6.50. The molecule has 2 saturated heterocycles. The molecule has 4 nitrogen and oxygen atoms in total. The molecule has 1 aromatic rings. The van der Waals surface area contributed by atoms with E-state index in [0.29, 0.717) is 0 Å². The van der Waals surface area contributed by atoms with Crippen LogP contribution in [0, 0.1) is 12.8 Å². The quantitative estimate of drug-likeness (QED) is 0.928. The predicted molar refractivity (Wildman–Crippen MR) is 86.7 cm³/mol. The summed E-state index contributed by atoms with van der Waals surface area (Å²) in [6.45, 7) is 9.55. The van der Waals surface area contributed by atoms with Gasteiger partial charge < -0.3 is 5.32 Å². The Morgan fingerprint density at radius 2 is 2.19 bits per heavy atom. The van der Waals surface area contributed by atoms with Gasteiger partial charge in [-0.3, -0.25) is 9.58 Å². The second kappa shape index (κ2) is 6.67. The van der Waals surface area contributed by atoms with Gasteiger partial charge in [-0.2, -0.15) is 5.10 Å². The van der Waals surface area contributed by atoms with E-state index in [1.807, 2.05) is 6.92 Å². The first-order valence-electron chi connectivity index (χ1n) is 8.36. The maximum atomic E-state index is 6.45. The summed E-state index contributed by atoms with van der Waals surface area (Å²) in [6.07, 6.45) is 5.37. The van der Waals surface area contributed by atoms with Crippen molar-refractivity contribution in [3.63, 3.8) is 0 Å². The van der Waals surface area contributed by atoms with Crippen molar-refractivity contribution in [2.24, 2.45) is 5.92 Å². The molecule has 118 valence electrons. The molecule has 2 aliphatic heterocycles. The molecule has 3 rings (SSSR count). The van der Waals surface area contributed by atoms with Crippen LogP contribution in [-0.4, -0.2) is 40.4 Å². The molecular weight excluding hydrogens is 284 g/mol. The van der Waals surface area contributed by atoms with E-state index in [-0.39, 0.29) is 0 Å². The van der Waals surface area contributed by atoms with E-state index in [1.165, 1.54) is 51.0 Å². The summed E-state index contributed by atoms with van der Waals surface area (Å²) in [5.74, 6) is 0.805. The SMILES string of the molecule is CCn1nc(C)c(Cl)c1CN1CCCC(C2CCCN2)C1. The first kappa shape index (κ1) is 15.3. The van der Waals surface area contributed by atoms with E-state index in [0.717, 1.165) is 35.8 Å². The molecule has 1 N–H and O–H groups in total. The number of piperidine rings is 1. The number of hydrogen-bond donors (Lipinski definition) is 1. The van der Waals surface area contributed by atoms with Crippen LogP contribution < -0.4 is 5.32 Å². The van der Waals surface area contributed by atoms with E-state index in [2.05, 4.69) is 26.9 Å². The Labute approximate surface area is 132 Å². The number of likely N-dealkylation sites (tertiary alicyclic amines) is 1. The molecule has 3 heterocycles. The zero-order valence-corrected chi connectivity index (χ0v) is 14.0. The Kier molecular flexibility index (Phi) is 4.87. The molecule has 0 aliphatic carbocycles. The molecule has 0 amide bonds. The highest BCUT2D eigenvalue weighted by atomic mass is 35.5. The lowest BCUT2D eigenvalue weighted by Gasteiger charge is -2.35. The lowest BCUT2D eigenvalue weighted by atomic mass is 9.90. The monoisotopic (exact) mass is 310 g/mol. The summed E-state index contributed by atoms with van der Waals surface area (Å²) < 4.78 is 2.06. The van der Waals surface area contributed by atoms with Crippen molar-refractivity contribution in [1.82, 2.24) is 20.0 Å². The van der Waals surface area contributed by atoms with Crippen molar-refractivity contribution in [3.05, 3.63) is 16.4 Å². The van der Waals surface area contributed by atoms with E-state index in [4.69, 9.17) is 11.6 Å². The lowest BCUT2D eigenvalue weighted by Crippen LogP contribution is -2.43. The van der Waals surface area contributed by atoms with Gasteiger partial charge in [-0.15, -0.1) is 0 Å². The van der Waals surface area contributed by atoms with Crippen molar-refractivity contribution in [2.45, 2.75) is 58.7 Å². The average molecular weight is 311 g/mol. The minimum Gasteiger partial charge on any atom is -0.314 e. The first-order chi connectivity index (χ1) is 10.2. The highest BCUT2D eigenvalue weighted by Crippen LogP contribution is 2.28. The molecule has 0 spiro atoms. The van der Waals surface area contributed by atoms with E-state index in [9.17, 15) is 0 Å². The molecule has 2 aliphatic rings. The normalized spacial score (nSPS) is 27.4. The van der Waals surface area contributed by atoms with Crippen molar-refractivity contribution in [1.29, 1.82) is 0 Å². The summed E-state index contributed by atoms with van der Waals surface area (Å²) in [5, 5.41) is 9.07. The Morgan fingerprint density at radius 3 is 2.90 bits per heavy atom. The summed E-state index contributed by atoms with van der Waals surface area (Å²) in [6, 6.07) is 0.737. The minimum absolute atomic E-state index is 0.737. The van der Waals surface area contributed by atoms with Gasteiger partial charge in [0.05, 0.1) is 16.4 Å². The molecule has 0 saturated carbocycles. The Hall–Kier alpha value is -0.580. The van der Waals surface area contributed by atoms with Gasteiger partial charge in [0.15, 0.2) is 0 Å². The maximum absolute atomic E-state index is 6.45. The number of nitrogens with zero attached hydrogens (tertiary/aromatic N) is 3. The second-order valence-corrected chi connectivity index (χ2v) is 6.88. The summed E-state index contributed by atoms with van der Waals surface area (Å²) >= 11 is 6.45. The van der Waals surface area contributed by atoms with E-state index in [1.54, 1.807) is 0 Å². The fraction of sp³-hybridized carbons (Fsp3) is 0.812. The fourth-order valence-corrected chi connectivity index (χ4v) is 4.10. The number of halogens is 1. The third-order valence-corrected chi connectivity index (χ3v) is 5.53. The van der Waals surface area contributed by atoms with Crippen molar-refractivity contribution in [2.75, 3.05) is 19.6 Å². The van der Waals surface area contributed by atoms with Crippen molar-refractivity contribution >= 4 is 11.6 Å². The third-order valence-electron chi connectivity index (χ3n) is 5.04. The van der Waals surface area contributed by atoms with Crippen LogP contribution in [0.3, 0.4) is 0 Å². The molecule has 2 unspecified atom stereocenters. The Morgan fingerprint density at radius 1 is 1.33 bits per heavy atom.